The van der Waals surface area contributed by atoms with Crippen molar-refractivity contribution in [2.45, 2.75) is 31.3 Å². The highest BCUT2D eigenvalue weighted by molar-refractivity contribution is 4.78. The molecule has 0 aromatic rings. The normalized spacial score (nSPS) is 12.0. The molecule has 94 valence electrons. The minimum atomic E-state index is -4.52. The minimum Gasteiger partial charge on any atom is -0.502 e. The van der Waals surface area contributed by atoms with Crippen LogP contribution in [0.3, 0.4) is 0 Å². The second kappa shape index (κ2) is 6.40. The van der Waals surface area contributed by atoms with Crippen LogP contribution in [0.2, 0.25) is 0 Å². The molecular formula is C10H14F4O2. The Bertz CT molecular complexity index is 229. The fraction of sp³-hybridized carbons (Fsp3) is 0.600. The Labute approximate surface area is 91.5 Å². The zero-order valence-corrected chi connectivity index (χ0v) is 8.73. The second-order valence-corrected chi connectivity index (χ2v) is 3.00. The number of hydrogen-bond acceptors (Lipinski definition) is 2. The van der Waals surface area contributed by atoms with Crippen LogP contribution in [-0.2, 0) is 9.47 Å². The third kappa shape index (κ3) is 4.55. The molecule has 6 heteroatoms. The number of unbranched alkanes of at least 4 members (excludes halogenated alkanes) is 1. The predicted octanol–water partition coefficient (Wildman–Crippen LogP) is 3.71. The van der Waals surface area contributed by atoms with Gasteiger partial charge in [-0.25, -0.2) is 0 Å². The van der Waals surface area contributed by atoms with Gasteiger partial charge < -0.3 is 9.47 Å². The number of halogens is 4. The summed E-state index contributed by atoms with van der Waals surface area (Å²) in [5.41, 5.74) is 0. The van der Waals surface area contributed by atoms with E-state index in [0.29, 0.717) is 6.26 Å². The average Bonchev–Trinajstić information content (AvgIpc) is 2.17. The molecule has 0 heterocycles. The van der Waals surface area contributed by atoms with E-state index in [0.717, 1.165) is 6.26 Å². The van der Waals surface area contributed by atoms with Gasteiger partial charge in [0.05, 0.1) is 19.1 Å². The van der Waals surface area contributed by atoms with E-state index < -0.39 is 18.5 Å². The van der Waals surface area contributed by atoms with Crippen LogP contribution in [0.25, 0.3) is 0 Å². The summed E-state index contributed by atoms with van der Waals surface area (Å²) in [6, 6.07) is 0. The van der Waals surface area contributed by atoms with E-state index >= 15 is 0 Å². The first-order valence-corrected chi connectivity index (χ1v) is 4.64. The molecule has 0 aliphatic carbocycles. The van der Waals surface area contributed by atoms with Gasteiger partial charge in [-0.05, 0) is 12.8 Å². The summed E-state index contributed by atoms with van der Waals surface area (Å²) in [5, 5.41) is 0. The first kappa shape index (κ1) is 14.8. The smallest absolute Gasteiger partial charge is 0.463 e. The van der Waals surface area contributed by atoms with Crippen molar-refractivity contribution < 1.29 is 27.0 Å². The zero-order valence-electron chi connectivity index (χ0n) is 8.73. The lowest BCUT2D eigenvalue weighted by molar-refractivity contribution is -0.328. The van der Waals surface area contributed by atoms with Gasteiger partial charge in [0.25, 0.3) is 0 Å². The van der Waals surface area contributed by atoms with Crippen molar-refractivity contribution in [3.8, 4) is 0 Å². The summed E-state index contributed by atoms with van der Waals surface area (Å²) in [7, 11) is 0. The Morgan fingerprint density at radius 1 is 1.00 bits per heavy atom. The highest BCUT2D eigenvalue weighted by Gasteiger charge is 2.57. The van der Waals surface area contributed by atoms with E-state index in [-0.39, 0.29) is 19.4 Å². The SMILES string of the molecule is C=COCCCCC(F)(F)C(F)(F)OC=C. The minimum absolute atomic E-state index is 0.100. The second-order valence-electron chi connectivity index (χ2n) is 3.00. The Hall–Kier alpha value is -1.20. The van der Waals surface area contributed by atoms with Crippen LogP contribution in [0.15, 0.2) is 25.7 Å². The van der Waals surface area contributed by atoms with Gasteiger partial charge in [-0.15, -0.1) is 0 Å². The highest BCUT2D eigenvalue weighted by atomic mass is 19.3. The van der Waals surface area contributed by atoms with Crippen LogP contribution in [0.5, 0.6) is 0 Å². The molecule has 0 unspecified atom stereocenters. The van der Waals surface area contributed by atoms with Crippen LogP contribution >= 0.6 is 0 Å². The first-order valence-electron chi connectivity index (χ1n) is 4.64. The fourth-order valence-electron chi connectivity index (χ4n) is 0.952. The summed E-state index contributed by atoms with van der Waals surface area (Å²) in [6.07, 6.45) is -3.90. The molecule has 0 aliphatic heterocycles. The highest BCUT2D eigenvalue weighted by Crippen LogP contribution is 2.39. The van der Waals surface area contributed by atoms with Gasteiger partial charge in [-0.3, -0.25) is 0 Å². The lowest BCUT2D eigenvalue weighted by Gasteiger charge is -2.24. The van der Waals surface area contributed by atoms with Crippen LogP contribution in [0.1, 0.15) is 19.3 Å². The van der Waals surface area contributed by atoms with E-state index in [4.69, 9.17) is 0 Å². The van der Waals surface area contributed by atoms with Gasteiger partial charge in [-0.1, -0.05) is 13.2 Å². The molecule has 0 bridgehead atoms. The lowest BCUT2D eigenvalue weighted by Crippen LogP contribution is -2.41. The summed E-state index contributed by atoms with van der Waals surface area (Å²) in [4.78, 5) is 0. The lowest BCUT2D eigenvalue weighted by atomic mass is 10.1. The third-order valence-corrected chi connectivity index (χ3v) is 1.78. The standard InChI is InChI=1S/C10H14F4O2/c1-3-15-8-6-5-7-9(11,12)10(13,14)16-4-2/h3-4H,1-2,5-8H2. The third-order valence-electron chi connectivity index (χ3n) is 1.78. The molecule has 16 heavy (non-hydrogen) atoms. The summed E-state index contributed by atoms with van der Waals surface area (Å²) in [6.45, 7) is 6.24. The van der Waals surface area contributed by atoms with E-state index in [1.165, 1.54) is 0 Å². The van der Waals surface area contributed by atoms with Crippen LogP contribution in [0, 0.1) is 0 Å². The molecule has 0 saturated heterocycles. The molecule has 0 rings (SSSR count). The van der Waals surface area contributed by atoms with Gasteiger partial charge in [0.1, 0.15) is 0 Å². The van der Waals surface area contributed by atoms with Crippen LogP contribution in [0.4, 0.5) is 17.6 Å². The molecule has 0 amide bonds. The number of rotatable bonds is 9. The molecule has 0 radical (unpaired) electrons. The van der Waals surface area contributed by atoms with Crippen molar-refractivity contribution >= 4 is 0 Å². The summed E-state index contributed by atoms with van der Waals surface area (Å²) in [5.74, 6) is -4.21. The number of hydrogen-bond donors (Lipinski definition) is 0. The summed E-state index contributed by atoms with van der Waals surface area (Å²) < 4.78 is 59.4. The first-order chi connectivity index (χ1) is 7.37. The quantitative estimate of drug-likeness (QED) is 0.348. The zero-order chi connectivity index (χ0) is 12.7. The molecule has 0 aliphatic rings. The largest absolute Gasteiger partial charge is 0.502 e. The van der Waals surface area contributed by atoms with Crippen molar-refractivity contribution in [1.82, 2.24) is 0 Å². The molecule has 0 fully saturated rings. The molecule has 0 aromatic carbocycles. The number of alkyl halides is 4. The molecule has 0 spiro atoms. The molecule has 0 aromatic heterocycles. The van der Waals surface area contributed by atoms with Gasteiger partial charge in [-0.2, -0.15) is 17.6 Å². The molecule has 0 atom stereocenters. The average molecular weight is 242 g/mol. The summed E-state index contributed by atoms with van der Waals surface area (Å²) >= 11 is 0. The van der Waals surface area contributed by atoms with Crippen molar-refractivity contribution in [2.24, 2.45) is 0 Å². The number of ether oxygens (including phenoxy) is 2. The maximum atomic E-state index is 12.9. The predicted molar refractivity (Wildman–Crippen MR) is 51.2 cm³/mol. The van der Waals surface area contributed by atoms with Crippen molar-refractivity contribution in [3.05, 3.63) is 25.7 Å². The van der Waals surface area contributed by atoms with Crippen LogP contribution < -0.4 is 0 Å². The Kier molecular flexibility index (Phi) is 5.92. The molecular weight excluding hydrogens is 228 g/mol. The molecule has 2 nitrogen and oxygen atoms in total. The van der Waals surface area contributed by atoms with Gasteiger partial charge >= 0.3 is 12.0 Å². The van der Waals surface area contributed by atoms with E-state index in [1.807, 2.05) is 0 Å². The van der Waals surface area contributed by atoms with E-state index in [9.17, 15) is 17.6 Å². The van der Waals surface area contributed by atoms with Gasteiger partial charge in [0.15, 0.2) is 0 Å². The topological polar surface area (TPSA) is 18.5 Å². The van der Waals surface area contributed by atoms with Gasteiger partial charge in [0, 0.05) is 6.42 Å². The van der Waals surface area contributed by atoms with E-state index in [2.05, 4.69) is 22.6 Å². The van der Waals surface area contributed by atoms with Gasteiger partial charge in [0.2, 0.25) is 0 Å². The van der Waals surface area contributed by atoms with Crippen LogP contribution in [-0.4, -0.2) is 18.6 Å². The van der Waals surface area contributed by atoms with Crippen molar-refractivity contribution in [3.63, 3.8) is 0 Å². The maximum Gasteiger partial charge on any atom is 0.463 e. The fourth-order valence-corrected chi connectivity index (χ4v) is 0.952. The van der Waals surface area contributed by atoms with Crippen molar-refractivity contribution in [1.29, 1.82) is 0 Å². The Balaban J connectivity index is 4.02. The molecule has 0 saturated carbocycles. The Morgan fingerprint density at radius 3 is 2.12 bits per heavy atom. The van der Waals surface area contributed by atoms with E-state index in [1.54, 1.807) is 0 Å². The maximum absolute atomic E-state index is 12.9. The van der Waals surface area contributed by atoms with Crippen molar-refractivity contribution in [2.75, 3.05) is 6.61 Å². The Morgan fingerprint density at radius 2 is 1.62 bits per heavy atom. The molecule has 0 N–H and O–H groups in total. The monoisotopic (exact) mass is 242 g/mol.